The van der Waals surface area contributed by atoms with Crippen molar-refractivity contribution in [3.63, 3.8) is 0 Å². The molecule has 4 nitrogen and oxygen atoms in total. The van der Waals surface area contributed by atoms with E-state index in [0.717, 1.165) is 18.4 Å². The van der Waals surface area contributed by atoms with E-state index in [4.69, 9.17) is 0 Å². The fourth-order valence-electron chi connectivity index (χ4n) is 2.95. The summed E-state index contributed by atoms with van der Waals surface area (Å²) < 4.78 is 0. The molecule has 0 aliphatic heterocycles. The van der Waals surface area contributed by atoms with Crippen LogP contribution in [0.15, 0.2) is 24.3 Å². The van der Waals surface area contributed by atoms with Gasteiger partial charge in [0.15, 0.2) is 0 Å². The molecule has 1 saturated carbocycles. The molecule has 1 N–H and O–H groups in total. The Kier molecular flexibility index (Phi) is 6.10. The third-order valence-corrected chi connectivity index (χ3v) is 4.40. The highest BCUT2D eigenvalue weighted by atomic mass is 16.2. The van der Waals surface area contributed by atoms with E-state index in [-0.39, 0.29) is 6.03 Å². The largest absolute Gasteiger partial charge is 0.378 e. The molecular formula is C18H29N3O. The van der Waals surface area contributed by atoms with Crippen LogP contribution in [-0.4, -0.2) is 38.1 Å². The number of hydrogen-bond donors (Lipinski definition) is 1. The van der Waals surface area contributed by atoms with Gasteiger partial charge >= 0.3 is 6.03 Å². The van der Waals surface area contributed by atoms with Crippen LogP contribution in [0.5, 0.6) is 0 Å². The molecule has 0 aromatic heterocycles. The van der Waals surface area contributed by atoms with Crippen LogP contribution in [0, 0.1) is 0 Å². The van der Waals surface area contributed by atoms with Gasteiger partial charge < -0.3 is 15.1 Å². The van der Waals surface area contributed by atoms with E-state index in [2.05, 4.69) is 34.5 Å². The van der Waals surface area contributed by atoms with Crippen molar-refractivity contribution in [2.45, 2.75) is 51.1 Å². The molecule has 1 aromatic rings. The SMILES string of the molecule is CN(Cc1ccc(N(C)C)cc1)C(=O)NC1CCCCCC1. The van der Waals surface area contributed by atoms with Crippen molar-refractivity contribution in [2.75, 3.05) is 26.0 Å². The van der Waals surface area contributed by atoms with Crippen molar-refractivity contribution in [3.8, 4) is 0 Å². The molecule has 122 valence electrons. The zero-order chi connectivity index (χ0) is 15.9. The highest BCUT2D eigenvalue weighted by molar-refractivity contribution is 5.74. The Labute approximate surface area is 134 Å². The average molecular weight is 303 g/mol. The summed E-state index contributed by atoms with van der Waals surface area (Å²) in [5.74, 6) is 0. The second-order valence-corrected chi connectivity index (χ2v) is 6.55. The number of hydrogen-bond acceptors (Lipinski definition) is 2. The lowest BCUT2D eigenvalue weighted by molar-refractivity contribution is 0.201. The fraction of sp³-hybridized carbons (Fsp3) is 0.611. The van der Waals surface area contributed by atoms with Crippen LogP contribution in [0.3, 0.4) is 0 Å². The molecule has 0 spiro atoms. The summed E-state index contributed by atoms with van der Waals surface area (Å²) in [6.07, 6.45) is 7.33. The third kappa shape index (κ3) is 4.93. The summed E-state index contributed by atoms with van der Waals surface area (Å²) in [5.41, 5.74) is 2.33. The standard InChI is InChI=1S/C18H29N3O/c1-20(2)17-12-10-15(11-13-17)14-21(3)18(22)19-16-8-6-4-5-7-9-16/h10-13,16H,4-9,14H2,1-3H3,(H,19,22). The van der Waals surface area contributed by atoms with Crippen LogP contribution in [0.25, 0.3) is 0 Å². The lowest BCUT2D eigenvalue weighted by Crippen LogP contribution is -2.42. The molecule has 0 unspecified atom stereocenters. The summed E-state index contributed by atoms with van der Waals surface area (Å²) in [6.45, 7) is 0.645. The van der Waals surface area contributed by atoms with Gasteiger partial charge in [-0.1, -0.05) is 37.8 Å². The Morgan fingerprint density at radius 1 is 1.05 bits per heavy atom. The van der Waals surface area contributed by atoms with Crippen molar-refractivity contribution in [2.24, 2.45) is 0 Å². The van der Waals surface area contributed by atoms with Crippen molar-refractivity contribution in [1.82, 2.24) is 10.2 Å². The lowest BCUT2D eigenvalue weighted by atomic mass is 10.1. The van der Waals surface area contributed by atoms with Gasteiger partial charge in [0.25, 0.3) is 0 Å². The van der Waals surface area contributed by atoms with E-state index in [1.165, 1.54) is 31.4 Å². The maximum Gasteiger partial charge on any atom is 0.317 e. The normalized spacial score (nSPS) is 16.0. The second kappa shape index (κ2) is 8.06. The number of amides is 2. The second-order valence-electron chi connectivity index (χ2n) is 6.55. The quantitative estimate of drug-likeness (QED) is 0.862. The molecule has 1 aromatic carbocycles. The van der Waals surface area contributed by atoms with Crippen LogP contribution in [0.1, 0.15) is 44.1 Å². The minimum atomic E-state index is 0.0450. The van der Waals surface area contributed by atoms with Crippen LogP contribution in [0.4, 0.5) is 10.5 Å². The first-order chi connectivity index (χ1) is 10.6. The molecule has 2 rings (SSSR count). The molecule has 0 heterocycles. The predicted octanol–water partition coefficient (Wildman–Crippen LogP) is 3.62. The first kappa shape index (κ1) is 16.7. The van der Waals surface area contributed by atoms with Crippen molar-refractivity contribution in [3.05, 3.63) is 29.8 Å². The number of urea groups is 1. The van der Waals surface area contributed by atoms with Gasteiger partial charge in [0.2, 0.25) is 0 Å². The van der Waals surface area contributed by atoms with E-state index >= 15 is 0 Å². The maximum absolute atomic E-state index is 12.3. The first-order valence-electron chi connectivity index (χ1n) is 8.34. The molecule has 0 saturated heterocycles. The molecule has 1 aliphatic carbocycles. The Hall–Kier alpha value is -1.71. The number of nitrogens with zero attached hydrogens (tertiary/aromatic N) is 2. The van der Waals surface area contributed by atoms with Crippen molar-refractivity contribution in [1.29, 1.82) is 0 Å². The molecule has 2 amide bonds. The van der Waals surface area contributed by atoms with E-state index in [0.29, 0.717) is 12.6 Å². The summed E-state index contributed by atoms with van der Waals surface area (Å²) in [7, 11) is 5.93. The first-order valence-corrected chi connectivity index (χ1v) is 8.34. The minimum Gasteiger partial charge on any atom is -0.378 e. The summed E-state index contributed by atoms with van der Waals surface area (Å²) in [4.78, 5) is 16.2. The highest BCUT2D eigenvalue weighted by Gasteiger charge is 2.17. The van der Waals surface area contributed by atoms with Gasteiger partial charge in [-0.05, 0) is 30.5 Å². The van der Waals surface area contributed by atoms with Gasteiger partial charge in [0, 0.05) is 39.4 Å². The molecule has 1 aliphatic rings. The Morgan fingerprint density at radius 2 is 1.64 bits per heavy atom. The highest BCUT2D eigenvalue weighted by Crippen LogP contribution is 2.18. The molecule has 0 radical (unpaired) electrons. The molecule has 0 atom stereocenters. The van der Waals surface area contributed by atoms with Crippen LogP contribution >= 0.6 is 0 Å². The van der Waals surface area contributed by atoms with Gasteiger partial charge in [-0.25, -0.2) is 4.79 Å². The van der Waals surface area contributed by atoms with Gasteiger partial charge in [0.05, 0.1) is 0 Å². The Morgan fingerprint density at radius 3 is 2.18 bits per heavy atom. The van der Waals surface area contributed by atoms with Gasteiger partial charge in [-0.15, -0.1) is 0 Å². The number of carbonyl (C=O) groups is 1. The molecule has 1 fully saturated rings. The molecule has 0 bridgehead atoms. The number of anilines is 1. The predicted molar refractivity (Wildman–Crippen MR) is 92.3 cm³/mol. The average Bonchev–Trinajstić information content (AvgIpc) is 2.76. The smallest absolute Gasteiger partial charge is 0.317 e. The molecular weight excluding hydrogens is 274 g/mol. The van der Waals surface area contributed by atoms with Crippen LogP contribution in [-0.2, 0) is 6.54 Å². The molecule has 4 heteroatoms. The minimum absolute atomic E-state index is 0.0450. The monoisotopic (exact) mass is 303 g/mol. The lowest BCUT2D eigenvalue weighted by Gasteiger charge is -2.23. The Balaban J connectivity index is 1.84. The summed E-state index contributed by atoms with van der Waals surface area (Å²) in [5, 5.41) is 3.19. The topological polar surface area (TPSA) is 35.6 Å². The van der Waals surface area contributed by atoms with Crippen LogP contribution < -0.4 is 10.2 Å². The zero-order valence-electron chi connectivity index (χ0n) is 14.1. The number of nitrogens with one attached hydrogen (secondary N) is 1. The molecule has 22 heavy (non-hydrogen) atoms. The number of rotatable bonds is 4. The van der Waals surface area contributed by atoms with Gasteiger partial charge in [0.1, 0.15) is 0 Å². The third-order valence-electron chi connectivity index (χ3n) is 4.40. The maximum atomic E-state index is 12.3. The van der Waals surface area contributed by atoms with Crippen molar-refractivity contribution >= 4 is 11.7 Å². The van der Waals surface area contributed by atoms with E-state index in [1.54, 1.807) is 4.90 Å². The van der Waals surface area contributed by atoms with Gasteiger partial charge in [-0.2, -0.15) is 0 Å². The zero-order valence-corrected chi connectivity index (χ0v) is 14.1. The Bertz CT molecular complexity index is 462. The number of carbonyl (C=O) groups excluding carboxylic acids is 1. The fourth-order valence-corrected chi connectivity index (χ4v) is 2.95. The van der Waals surface area contributed by atoms with Crippen LogP contribution in [0.2, 0.25) is 0 Å². The van der Waals surface area contributed by atoms with Crippen molar-refractivity contribution < 1.29 is 4.79 Å². The van der Waals surface area contributed by atoms with Gasteiger partial charge in [-0.3, -0.25) is 0 Å². The van der Waals surface area contributed by atoms with E-state index in [1.807, 2.05) is 21.1 Å². The van der Waals surface area contributed by atoms with E-state index < -0.39 is 0 Å². The summed E-state index contributed by atoms with van der Waals surface area (Å²) >= 11 is 0. The van der Waals surface area contributed by atoms with E-state index in [9.17, 15) is 4.79 Å². The summed E-state index contributed by atoms with van der Waals surface area (Å²) in [6, 6.07) is 8.76. The number of benzene rings is 1.